The van der Waals surface area contributed by atoms with E-state index in [9.17, 15) is 14.7 Å². The van der Waals surface area contributed by atoms with Gasteiger partial charge in [-0.3, -0.25) is 9.59 Å². The number of carbonyl (C=O) groups is 2. The molecule has 1 heterocycles. The van der Waals surface area contributed by atoms with Crippen molar-refractivity contribution >= 4 is 17.5 Å². The zero-order chi connectivity index (χ0) is 15.5. The minimum Gasteiger partial charge on any atom is -0.388 e. The molecular weight excluding hydrogens is 270 g/mol. The van der Waals surface area contributed by atoms with Crippen molar-refractivity contribution in [2.45, 2.75) is 57.5 Å². The van der Waals surface area contributed by atoms with Crippen molar-refractivity contribution in [3.8, 4) is 0 Å². The van der Waals surface area contributed by atoms with E-state index < -0.39 is 5.60 Å². The molecule has 0 aromatic carbocycles. The van der Waals surface area contributed by atoms with Crippen LogP contribution < -0.4 is 5.32 Å². The Morgan fingerprint density at radius 3 is 2.67 bits per heavy atom. The van der Waals surface area contributed by atoms with Gasteiger partial charge in [-0.25, -0.2) is 5.01 Å². The standard InChI is InChI=1S/C15H25N3O3/c1-3-11-6-8-15(21,9-7-11)10-16-14(20)12-4-5-13(19)18(2)17-12/h11,21H,3-10H2,1-2H3,(H,16,20). The third-order valence-corrected chi connectivity index (χ3v) is 4.66. The molecule has 2 rings (SSSR count). The lowest BCUT2D eigenvalue weighted by molar-refractivity contribution is -0.130. The highest BCUT2D eigenvalue weighted by atomic mass is 16.3. The van der Waals surface area contributed by atoms with Gasteiger partial charge < -0.3 is 10.4 Å². The van der Waals surface area contributed by atoms with Crippen LogP contribution in [-0.4, -0.2) is 46.8 Å². The molecule has 6 heteroatoms. The summed E-state index contributed by atoms with van der Waals surface area (Å²) in [7, 11) is 1.55. The monoisotopic (exact) mass is 295 g/mol. The maximum absolute atomic E-state index is 12.1. The van der Waals surface area contributed by atoms with Crippen molar-refractivity contribution in [3.05, 3.63) is 0 Å². The topological polar surface area (TPSA) is 82.0 Å². The first-order valence-electron chi connectivity index (χ1n) is 7.78. The summed E-state index contributed by atoms with van der Waals surface area (Å²) < 4.78 is 0. The predicted octanol–water partition coefficient (Wildman–Crippen LogP) is 1.04. The number of nitrogens with one attached hydrogen (secondary N) is 1. The highest BCUT2D eigenvalue weighted by Crippen LogP contribution is 2.33. The fourth-order valence-electron chi connectivity index (χ4n) is 2.98. The second-order valence-electron chi connectivity index (χ2n) is 6.22. The Balaban J connectivity index is 1.84. The van der Waals surface area contributed by atoms with Crippen molar-refractivity contribution in [3.63, 3.8) is 0 Å². The van der Waals surface area contributed by atoms with Crippen molar-refractivity contribution in [2.75, 3.05) is 13.6 Å². The third-order valence-electron chi connectivity index (χ3n) is 4.66. The molecule has 21 heavy (non-hydrogen) atoms. The van der Waals surface area contributed by atoms with Gasteiger partial charge in [-0.1, -0.05) is 13.3 Å². The van der Waals surface area contributed by atoms with Crippen LogP contribution in [0.25, 0.3) is 0 Å². The Labute approximate surface area is 125 Å². The van der Waals surface area contributed by atoms with Gasteiger partial charge in [0.15, 0.2) is 0 Å². The fraction of sp³-hybridized carbons (Fsp3) is 0.800. The van der Waals surface area contributed by atoms with E-state index in [0.29, 0.717) is 24.5 Å². The summed E-state index contributed by atoms with van der Waals surface area (Å²) in [6.45, 7) is 2.44. The van der Waals surface area contributed by atoms with Crippen LogP contribution in [0.1, 0.15) is 51.9 Å². The van der Waals surface area contributed by atoms with Crippen LogP contribution in [0.3, 0.4) is 0 Å². The average molecular weight is 295 g/mol. The average Bonchev–Trinajstić information content (AvgIpc) is 2.48. The van der Waals surface area contributed by atoms with Gasteiger partial charge in [0, 0.05) is 26.4 Å². The van der Waals surface area contributed by atoms with Crippen molar-refractivity contribution in [1.82, 2.24) is 10.3 Å². The second kappa shape index (κ2) is 6.56. The lowest BCUT2D eigenvalue weighted by Gasteiger charge is -2.36. The van der Waals surface area contributed by atoms with Gasteiger partial charge in [-0.15, -0.1) is 0 Å². The van der Waals surface area contributed by atoms with E-state index in [4.69, 9.17) is 0 Å². The Bertz CT molecular complexity index is 439. The third kappa shape index (κ3) is 4.03. The zero-order valence-electron chi connectivity index (χ0n) is 12.9. The molecule has 1 saturated carbocycles. The first-order valence-corrected chi connectivity index (χ1v) is 7.78. The van der Waals surface area contributed by atoms with E-state index >= 15 is 0 Å². The highest BCUT2D eigenvalue weighted by Gasteiger charge is 2.33. The molecule has 0 atom stereocenters. The van der Waals surface area contributed by atoms with Crippen LogP contribution in [0.5, 0.6) is 0 Å². The summed E-state index contributed by atoms with van der Waals surface area (Å²) in [4.78, 5) is 23.4. The number of aliphatic hydroxyl groups is 1. The number of hydrazone groups is 1. The van der Waals surface area contributed by atoms with Gasteiger partial charge in [0.2, 0.25) is 5.91 Å². The summed E-state index contributed by atoms with van der Waals surface area (Å²) >= 11 is 0. The minimum absolute atomic E-state index is 0.0805. The van der Waals surface area contributed by atoms with E-state index in [1.54, 1.807) is 7.05 Å². The molecular formula is C15H25N3O3. The largest absolute Gasteiger partial charge is 0.388 e. The lowest BCUT2D eigenvalue weighted by Crippen LogP contribution is -2.47. The van der Waals surface area contributed by atoms with Crippen molar-refractivity contribution in [2.24, 2.45) is 11.0 Å². The maximum atomic E-state index is 12.1. The van der Waals surface area contributed by atoms with E-state index in [2.05, 4.69) is 17.3 Å². The molecule has 0 bridgehead atoms. The predicted molar refractivity (Wildman–Crippen MR) is 79.6 cm³/mol. The number of hydrogen-bond acceptors (Lipinski definition) is 4. The van der Waals surface area contributed by atoms with E-state index in [1.807, 2.05) is 0 Å². The van der Waals surface area contributed by atoms with Crippen molar-refractivity contribution < 1.29 is 14.7 Å². The summed E-state index contributed by atoms with van der Waals surface area (Å²) in [5, 5.41) is 18.5. The minimum atomic E-state index is -0.793. The van der Waals surface area contributed by atoms with Crippen LogP contribution >= 0.6 is 0 Å². The Hall–Kier alpha value is -1.43. The van der Waals surface area contributed by atoms with Crippen LogP contribution in [0.2, 0.25) is 0 Å². The molecule has 1 aliphatic carbocycles. The van der Waals surface area contributed by atoms with E-state index in [-0.39, 0.29) is 18.4 Å². The van der Waals surface area contributed by atoms with Gasteiger partial charge in [-0.05, 0) is 31.6 Å². The molecule has 118 valence electrons. The molecule has 0 aromatic rings. The Morgan fingerprint density at radius 1 is 1.43 bits per heavy atom. The summed E-state index contributed by atoms with van der Waals surface area (Å²) in [5.74, 6) is 0.340. The van der Waals surface area contributed by atoms with Gasteiger partial charge >= 0.3 is 0 Å². The summed E-state index contributed by atoms with van der Waals surface area (Å²) in [6, 6.07) is 0. The summed E-state index contributed by atoms with van der Waals surface area (Å²) in [5.41, 5.74) is -0.430. The van der Waals surface area contributed by atoms with Crippen LogP contribution in [0.4, 0.5) is 0 Å². The Kier molecular flexibility index (Phi) is 4.98. The number of nitrogens with zero attached hydrogens (tertiary/aromatic N) is 2. The molecule has 1 fully saturated rings. The fourth-order valence-corrected chi connectivity index (χ4v) is 2.98. The smallest absolute Gasteiger partial charge is 0.267 e. The first kappa shape index (κ1) is 15.9. The summed E-state index contributed by atoms with van der Waals surface area (Å²) in [6.07, 6.45) is 5.32. The van der Waals surface area contributed by atoms with Gasteiger partial charge in [-0.2, -0.15) is 5.10 Å². The first-order chi connectivity index (χ1) is 9.93. The molecule has 2 N–H and O–H groups in total. The SMILES string of the molecule is CCC1CCC(O)(CNC(=O)C2=NN(C)C(=O)CC2)CC1. The number of hydrogen-bond donors (Lipinski definition) is 2. The lowest BCUT2D eigenvalue weighted by atomic mass is 9.78. The second-order valence-corrected chi connectivity index (χ2v) is 6.22. The van der Waals surface area contributed by atoms with Crippen molar-refractivity contribution in [1.29, 1.82) is 0 Å². The highest BCUT2D eigenvalue weighted by molar-refractivity contribution is 6.39. The number of carbonyl (C=O) groups excluding carboxylic acids is 2. The maximum Gasteiger partial charge on any atom is 0.267 e. The quantitative estimate of drug-likeness (QED) is 0.813. The van der Waals surface area contributed by atoms with Crippen LogP contribution in [0.15, 0.2) is 5.10 Å². The van der Waals surface area contributed by atoms with Crippen LogP contribution in [-0.2, 0) is 9.59 Å². The molecule has 0 saturated heterocycles. The molecule has 0 unspecified atom stereocenters. The van der Waals surface area contributed by atoms with Crippen LogP contribution in [0, 0.1) is 5.92 Å². The molecule has 0 spiro atoms. The number of rotatable bonds is 4. The Morgan fingerprint density at radius 2 is 2.10 bits per heavy atom. The van der Waals surface area contributed by atoms with Gasteiger partial charge in [0.05, 0.1) is 5.60 Å². The molecule has 0 radical (unpaired) electrons. The zero-order valence-corrected chi connectivity index (χ0v) is 12.9. The molecule has 2 aliphatic rings. The normalized spacial score (nSPS) is 30.0. The molecule has 2 amide bonds. The molecule has 6 nitrogen and oxygen atoms in total. The van der Waals surface area contributed by atoms with E-state index in [1.165, 1.54) is 5.01 Å². The number of amides is 2. The van der Waals surface area contributed by atoms with E-state index in [0.717, 1.165) is 32.1 Å². The molecule has 1 aliphatic heterocycles. The van der Waals surface area contributed by atoms with Gasteiger partial charge in [0.1, 0.15) is 5.71 Å². The van der Waals surface area contributed by atoms with Gasteiger partial charge in [0.25, 0.3) is 5.91 Å². The molecule has 0 aromatic heterocycles.